The van der Waals surface area contributed by atoms with E-state index in [0.717, 1.165) is 50.5 Å². The van der Waals surface area contributed by atoms with Gasteiger partial charge in [0.1, 0.15) is 16.5 Å². The molecule has 0 spiro atoms. The molecule has 138 valence electrons. The van der Waals surface area contributed by atoms with Crippen LogP contribution in [0.5, 0.6) is 0 Å². The summed E-state index contributed by atoms with van der Waals surface area (Å²) in [5, 5.41) is 8.60. The number of benzene rings is 1. The first-order valence-electron chi connectivity index (χ1n) is 9.28. The third-order valence-electron chi connectivity index (χ3n) is 5.32. The zero-order valence-electron chi connectivity index (χ0n) is 15.0. The van der Waals surface area contributed by atoms with E-state index in [1.54, 1.807) is 0 Å². The summed E-state index contributed by atoms with van der Waals surface area (Å²) in [5.74, 6) is 1.22. The predicted molar refractivity (Wildman–Crippen MR) is 109 cm³/mol. The Morgan fingerprint density at radius 3 is 2.78 bits per heavy atom. The molecule has 4 heterocycles. The zero-order valence-corrected chi connectivity index (χ0v) is 15.9. The minimum atomic E-state index is -0.0144. The lowest BCUT2D eigenvalue weighted by molar-refractivity contribution is -0.119. The van der Waals surface area contributed by atoms with Crippen molar-refractivity contribution in [2.24, 2.45) is 0 Å². The van der Waals surface area contributed by atoms with Crippen molar-refractivity contribution in [3.05, 3.63) is 29.1 Å². The second-order valence-corrected chi connectivity index (χ2v) is 8.31. The summed E-state index contributed by atoms with van der Waals surface area (Å²) in [6, 6.07) is 8.28. The van der Waals surface area contributed by atoms with E-state index < -0.39 is 0 Å². The van der Waals surface area contributed by atoms with Crippen LogP contribution in [0, 0.1) is 0 Å². The fourth-order valence-electron chi connectivity index (χ4n) is 3.88. The van der Waals surface area contributed by atoms with Gasteiger partial charge in [-0.1, -0.05) is 0 Å². The molecule has 2 aliphatic heterocycles. The van der Waals surface area contributed by atoms with Crippen molar-refractivity contribution in [1.82, 2.24) is 10.3 Å². The molecule has 0 radical (unpaired) electrons. The van der Waals surface area contributed by atoms with Crippen molar-refractivity contribution < 1.29 is 9.59 Å². The maximum Gasteiger partial charge on any atom is 0.263 e. The number of piperidine rings is 1. The van der Waals surface area contributed by atoms with Crippen molar-refractivity contribution in [3.63, 3.8) is 0 Å². The van der Waals surface area contributed by atoms with Crippen LogP contribution in [0.15, 0.2) is 24.3 Å². The number of hydrogen-bond acceptors (Lipinski definition) is 6. The van der Waals surface area contributed by atoms with Crippen molar-refractivity contribution in [3.8, 4) is 0 Å². The Morgan fingerprint density at radius 1 is 1.15 bits per heavy atom. The van der Waals surface area contributed by atoms with E-state index in [-0.39, 0.29) is 11.9 Å². The molecule has 1 fully saturated rings. The van der Waals surface area contributed by atoms with Gasteiger partial charge in [0, 0.05) is 54.0 Å². The van der Waals surface area contributed by atoms with Crippen LogP contribution in [0.4, 0.5) is 11.5 Å². The minimum Gasteiger partial charge on any atom is -0.381 e. The van der Waals surface area contributed by atoms with Gasteiger partial charge < -0.3 is 15.5 Å². The predicted octanol–water partition coefficient (Wildman–Crippen LogP) is 3.16. The molecule has 1 aromatic carbocycles. The Hall–Kier alpha value is -2.67. The van der Waals surface area contributed by atoms with E-state index in [1.807, 2.05) is 25.1 Å². The fourth-order valence-corrected chi connectivity index (χ4v) is 4.97. The molecule has 1 saturated heterocycles. The van der Waals surface area contributed by atoms with Crippen molar-refractivity contribution in [1.29, 1.82) is 0 Å². The number of rotatable bonds is 1. The Balaban J connectivity index is 1.63. The summed E-state index contributed by atoms with van der Waals surface area (Å²) in [4.78, 5) is 31.8. The molecule has 0 unspecified atom stereocenters. The highest BCUT2D eigenvalue weighted by Crippen LogP contribution is 2.41. The molecular weight excluding hydrogens is 360 g/mol. The molecule has 1 atom stereocenters. The van der Waals surface area contributed by atoms with Crippen LogP contribution in [0.25, 0.3) is 21.0 Å². The number of ketones is 1. The highest BCUT2D eigenvalue weighted by molar-refractivity contribution is 7.21. The number of nitrogens with zero attached hydrogens (tertiary/aromatic N) is 2. The number of Topliss-reactive ketones (excluding diaryl/α,β-unsaturated/α-hetero) is 1. The molecule has 5 rings (SSSR count). The van der Waals surface area contributed by atoms with Crippen LogP contribution in [-0.2, 0) is 4.79 Å². The first-order chi connectivity index (χ1) is 13.1. The van der Waals surface area contributed by atoms with Crippen LogP contribution >= 0.6 is 11.3 Å². The molecule has 2 aromatic heterocycles. The summed E-state index contributed by atoms with van der Waals surface area (Å²) in [6.45, 7) is 4.16. The van der Waals surface area contributed by atoms with Gasteiger partial charge in [0.2, 0.25) is 0 Å². The first-order valence-corrected chi connectivity index (χ1v) is 10.1. The van der Waals surface area contributed by atoms with E-state index >= 15 is 0 Å². The average Bonchev–Trinajstić information content (AvgIpc) is 2.99. The van der Waals surface area contributed by atoms with Gasteiger partial charge in [0.15, 0.2) is 0 Å². The lowest BCUT2D eigenvalue weighted by atomic mass is 10.1. The van der Waals surface area contributed by atoms with Gasteiger partial charge in [-0.2, -0.15) is 0 Å². The number of aromatic nitrogens is 1. The lowest BCUT2D eigenvalue weighted by Gasteiger charge is -2.27. The van der Waals surface area contributed by atoms with Gasteiger partial charge >= 0.3 is 0 Å². The number of carbonyl (C=O) groups excluding carboxylic acids is 2. The van der Waals surface area contributed by atoms with Crippen LogP contribution in [-0.4, -0.2) is 42.4 Å². The summed E-state index contributed by atoms with van der Waals surface area (Å²) >= 11 is 1.52. The van der Waals surface area contributed by atoms with Gasteiger partial charge in [-0.05, 0) is 31.2 Å². The Labute approximate surface area is 160 Å². The smallest absolute Gasteiger partial charge is 0.263 e. The number of hydrogen-bond donors (Lipinski definition) is 2. The molecule has 27 heavy (non-hydrogen) atoms. The van der Waals surface area contributed by atoms with Crippen molar-refractivity contribution in [2.75, 3.05) is 29.9 Å². The van der Waals surface area contributed by atoms with Crippen molar-refractivity contribution in [2.45, 2.75) is 25.8 Å². The molecule has 0 bridgehead atoms. The molecule has 3 aromatic rings. The quantitative estimate of drug-likeness (QED) is 0.678. The number of anilines is 2. The van der Waals surface area contributed by atoms with Crippen LogP contribution in [0.1, 0.15) is 29.4 Å². The number of nitrogens with one attached hydrogen (secondary N) is 2. The SMILES string of the molecule is C[C@@H]1CNc2c(sc3ccc4nc(N5CCC(=O)CC5)ccc4c23)C(=O)N1. The third-order valence-corrected chi connectivity index (χ3v) is 6.48. The molecule has 7 heteroatoms. The number of fused-ring (bicyclic) bond motifs is 5. The van der Waals surface area contributed by atoms with Crippen molar-refractivity contribution >= 4 is 55.5 Å². The Kier molecular flexibility index (Phi) is 3.79. The van der Waals surface area contributed by atoms with E-state index in [4.69, 9.17) is 4.98 Å². The van der Waals surface area contributed by atoms with E-state index in [0.29, 0.717) is 25.2 Å². The first kappa shape index (κ1) is 16.5. The zero-order chi connectivity index (χ0) is 18.5. The van der Waals surface area contributed by atoms with Crippen LogP contribution in [0.3, 0.4) is 0 Å². The Morgan fingerprint density at radius 2 is 1.96 bits per heavy atom. The molecule has 0 aliphatic carbocycles. The molecule has 2 N–H and O–H groups in total. The molecular formula is C20H20N4O2S. The summed E-state index contributed by atoms with van der Waals surface area (Å²) in [7, 11) is 0. The highest BCUT2D eigenvalue weighted by atomic mass is 32.1. The van der Waals surface area contributed by atoms with Crippen LogP contribution < -0.4 is 15.5 Å². The normalized spacial score (nSPS) is 20.3. The second kappa shape index (κ2) is 6.20. The van der Waals surface area contributed by atoms with Crippen LogP contribution in [0.2, 0.25) is 0 Å². The number of pyridine rings is 1. The third kappa shape index (κ3) is 2.73. The van der Waals surface area contributed by atoms with Gasteiger partial charge in [-0.25, -0.2) is 4.98 Å². The fraction of sp³-hybridized carbons (Fsp3) is 0.350. The van der Waals surface area contributed by atoms with Gasteiger partial charge in [0.25, 0.3) is 5.91 Å². The summed E-state index contributed by atoms with van der Waals surface area (Å²) in [5.41, 5.74) is 1.83. The average molecular weight is 380 g/mol. The Bertz CT molecular complexity index is 1080. The van der Waals surface area contributed by atoms with E-state index in [1.165, 1.54) is 11.3 Å². The minimum absolute atomic E-state index is 0.0144. The molecule has 2 aliphatic rings. The van der Waals surface area contributed by atoms with Gasteiger partial charge in [0.05, 0.1) is 11.2 Å². The largest absolute Gasteiger partial charge is 0.381 e. The highest BCUT2D eigenvalue weighted by Gasteiger charge is 2.25. The van der Waals surface area contributed by atoms with E-state index in [9.17, 15) is 9.59 Å². The number of thiophene rings is 1. The second-order valence-electron chi connectivity index (χ2n) is 7.26. The van der Waals surface area contributed by atoms with Gasteiger partial charge in [-0.15, -0.1) is 11.3 Å². The molecule has 6 nitrogen and oxygen atoms in total. The van der Waals surface area contributed by atoms with Gasteiger partial charge in [-0.3, -0.25) is 9.59 Å². The summed E-state index contributed by atoms with van der Waals surface area (Å²) < 4.78 is 1.09. The van der Waals surface area contributed by atoms with E-state index in [2.05, 4.69) is 21.6 Å². The maximum atomic E-state index is 12.5. The molecule has 0 saturated carbocycles. The monoisotopic (exact) mass is 380 g/mol. The lowest BCUT2D eigenvalue weighted by Crippen LogP contribution is -2.34. The standard InChI is InChI=1S/C20H20N4O2S/c1-11-10-21-18-17-13-2-5-16(24-8-6-12(25)7-9-24)23-14(13)3-4-15(17)27-19(18)20(26)22-11/h2-5,11,21H,6-10H2,1H3,(H,22,26)/t11-/m1/s1. The molecule has 1 amide bonds. The maximum absolute atomic E-state index is 12.5. The summed E-state index contributed by atoms with van der Waals surface area (Å²) in [6.07, 6.45) is 1.18. The number of amides is 1. The topological polar surface area (TPSA) is 74.3 Å². The number of carbonyl (C=O) groups is 2.